The van der Waals surface area contributed by atoms with Gasteiger partial charge in [-0.3, -0.25) is 9.59 Å². The number of halogens is 2. The fourth-order valence-corrected chi connectivity index (χ4v) is 3.44. The van der Waals surface area contributed by atoms with Gasteiger partial charge in [0.15, 0.2) is 11.6 Å². The first kappa shape index (κ1) is 22.2. The molecule has 2 N–H and O–H groups in total. The minimum atomic E-state index is 0.115. The molecule has 6 heteroatoms. The summed E-state index contributed by atoms with van der Waals surface area (Å²) < 4.78 is 1.92. The molecular weight excluding hydrogens is 508 g/mol. The van der Waals surface area contributed by atoms with Crippen LogP contribution in [0.3, 0.4) is 0 Å². The number of hydrogen-bond donors (Lipinski definition) is 2. The molecule has 0 aliphatic heterocycles. The number of rotatable bonds is 10. The van der Waals surface area contributed by atoms with Gasteiger partial charge in [-0.1, -0.05) is 56.1 Å². The van der Waals surface area contributed by atoms with Crippen molar-refractivity contribution in [1.82, 2.24) is 0 Å². The van der Waals surface area contributed by atoms with E-state index in [-0.39, 0.29) is 11.6 Å². The number of carbonyl (C=O) groups is 2. The van der Waals surface area contributed by atoms with Crippen LogP contribution in [0.4, 0.5) is 11.4 Å². The summed E-state index contributed by atoms with van der Waals surface area (Å²) in [6.45, 7) is 1.15. The summed E-state index contributed by atoms with van der Waals surface area (Å²) in [5.41, 5.74) is 3.35. The lowest BCUT2D eigenvalue weighted by Crippen LogP contribution is -2.10. The van der Waals surface area contributed by atoms with Gasteiger partial charge in [0.25, 0.3) is 0 Å². The van der Waals surface area contributed by atoms with Gasteiger partial charge < -0.3 is 10.6 Å². The van der Waals surface area contributed by atoms with E-state index in [9.17, 15) is 9.59 Å². The molecule has 0 heterocycles. The minimum absolute atomic E-state index is 0.115. The number of benzene rings is 3. The van der Waals surface area contributed by atoms with Crippen LogP contribution in [0.25, 0.3) is 0 Å². The minimum Gasteiger partial charge on any atom is -0.385 e. The van der Waals surface area contributed by atoms with Crippen molar-refractivity contribution in [2.45, 2.75) is 12.8 Å². The first-order chi connectivity index (χ1) is 14.5. The third kappa shape index (κ3) is 6.82. The van der Waals surface area contributed by atoms with Crippen LogP contribution in [0.2, 0.25) is 0 Å². The van der Waals surface area contributed by atoms with Crippen LogP contribution < -0.4 is 10.6 Å². The van der Waals surface area contributed by atoms with Crippen molar-refractivity contribution in [3.8, 4) is 0 Å². The van der Waals surface area contributed by atoms with Crippen LogP contribution >= 0.6 is 31.9 Å². The van der Waals surface area contributed by atoms with E-state index in [1.54, 1.807) is 0 Å². The Bertz CT molecular complexity index is 903. The molecule has 0 fully saturated rings. The monoisotopic (exact) mass is 528 g/mol. The van der Waals surface area contributed by atoms with Gasteiger partial charge in [0.2, 0.25) is 0 Å². The van der Waals surface area contributed by atoms with E-state index in [2.05, 4.69) is 42.5 Å². The molecule has 0 aliphatic carbocycles. The van der Waals surface area contributed by atoms with E-state index < -0.39 is 0 Å². The third-order valence-corrected chi connectivity index (χ3v) is 5.64. The second-order valence-electron chi connectivity index (χ2n) is 6.79. The molecular formula is C24H22Br2N2O2. The van der Waals surface area contributed by atoms with E-state index in [0.29, 0.717) is 25.9 Å². The van der Waals surface area contributed by atoms with Crippen molar-refractivity contribution in [3.05, 3.63) is 92.9 Å². The Balaban J connectivity index is 1.39. The molecule has 3 aromatic rings. The summed E-state index contributed by atoms with van der Waals surface area (Å²) in [7, 11) is 0. The third-order valence-electron chi connectivity index (χ3n) is 4.58. The maximum Gasteiger partial charge on any atom is 0.164 e. The zero-order chi connectivity index (χ0) is 21.3. The average molecular weight is 530 g/mol. The van der Waals surface area contributed by atoms with E-state index in [1.165, 1.54) is 0 Å². The van der Waals surface area contributed by atoms with E-state index in [0.717, 1.165) is 31.4 Å². The first-order valence-corrected chi connectivity index (χ1v) is 11.3. The van der Waals surface area contributed by atoms with Gasteiger partial charge in [-0.15, -0.1) is 0 Å². The molecule has 0 atom stereocenters. The van der Waals surface area contributed by atoms with Crippen LogP contribution in [-0.4, -0.2) is 24.7 Å². The fraction of sp³-hybridized carbons (Fsp3) is 0.167. The topological polar surface area (TPSA) is 58.2 Å². The van der Waals surface area contributed by atoms with E-state index in [4.69, 9.17) is 0 Å². The highest BCUT2D eigenvalue weighted by Crippen LogP contribution is 2.16. The van der Waals surface area contributed by atoms with Gasteiger partial charge >= 0.3 is 0 Å². The molecule has 0 saturated heterocycles. The SMILES string of the molecule is O=C(CCNc1ccc(NCCC(=O)c2ccc(Br)cc2)cc1)c1ccc(Br)cc1. The van der Waals surface area contributed by atoms with Gasteiger partial charge in [0, 0.05) is 57.4 Å². The Morgan fingerprint density at radius 3 is 1.23 bits per heavy atom. The van der Waals surface area contributed by atoms with Crippen LogP contribution in [0.15, 0.2) is 81.7 Å². The highest BCUT2D eigenvalue weighted by Gasteiger charge is 2.06. The molecule has 154 valence electrons. The van der Waals surface area contributed by atoms with E-state index >= 15 is 0 Å². The number of hydrogen-bond acceptors (Lipinski definition) is 4. The van der Waals surface area contributed by atoms with Crippen LogP contribution in [-0.2, 0) is 0 Å². The van der Waals surface area contributed by atoms with Gasteiger partial charge in [-0.25, -0.2) is 0 Å². The van der Waals surface area contributed by atoms with Crippen LogP contribution in [0.5, 0.6) is 0 Å². The summed E-state index contributed by atoms with van der Waals surface area (Å²) in [6, 6.07) is 22.7. The lowest BCUT2D eigenvalue weighted by Gasteiger charge is -2.09. The van der Waals surface area contributed by atoms with Gasteiger partial charge in [0.1, 0.15) is 0 Å². The predicted molar refractivity (Wildman–Crippen MR) is 130 cm³/mol. The molecule has 0 saturated carbocycles. The number of Topliss-reactive ketones (excluding diaryl/α,β-unsaturated/α-hetero) is 2. The molecule has 0 bridgehead atoms. The quantitative estimate of drug-likeness (QED) is 0.291. The lowest BCUT2D eigenvalue weighted by molar-refractivity contribution is 0.0978. The normalized spacial score (nSPS) is 10.5. The molecule has 3 aromatic carbocycles. The predicted octanol–water partition coefficient (Wildman–Crippen LogP) is 6.58. The molecule has 0 amide bonds. The molecule has 4 nitrogen and oxygen atoms in total. The number of ketones is 2. The van der Waals surface area contributed by atoms with Crippen molar-refractivity contribution >= 4 is 54.8 Å². The van der Waals surface area contributed by atoms with Crippen LogP contribution in [0, 0.1) is 0 Å². The van der Waals surface area contributed by atoms with Crippen LogP contribution in [0.1, 0.15) is 33.6 Å². The summed E-state index contributed by atoms with van der Waals surface area (Å²) >= 11 is 6.74. The summed E-state index contributed by atoms with van der Waals surface area (Å²) in [4.78, 5) is 24.4. The maximum absolute atomic E-state index is 12.2. The van der Waals surface area contributed by atoms with Crippen molar-refractivity contribution in [2.75, 3.05) is 23.7 Å². The smallest absolute Gasteiger partial charge is 0.164 e. The van der Waals surface area contributed by atoms with Crippen molar-refractivity contribution < 1.29 is 9.59 Å². The first-order valence-electron chi connectivity index (χ1n) is 9.66. The standard InChI is InChI=1S/C24H22Br2N2O2/c25-19-5-1-17(2-6-19)23(29)13-15-27-21-9-11-22(12-10-21)28-16-14-24(30)18-3-7-20(26)8-4-18/h1-12,27-28H,13-16H2. The molecule has 0 aromatic heterocycles. The Morgan fingerprint density at radius 2 is 0.900 bits per heavy atom. The molecule has 0 radical (unpaired) electrons. The summed E-state index contributed by atoms with van der Waals surface area (Å²) in [5, 5.41) is 6.54. The second-order valence-corrected chi connectivity index (χ2v) is 8.62. The maximum atomic E-state index is 12.2. The molecule has 3 rings (SSSR count). The molecule has 0 spiro atoms. The summed E-state index contributed by atoms with van der Waals surface area (Å²) in [6.07, 6.45) is 0.861. The second kappa shape index (κ2) is 11.1. The van der Waals surface area contributed by atoms with Crippen molar-refractivity contribution in [1.29, 1.82) is 0 Å². The van der Waals surface area contributed by atoms with Gasteiger partial charge in [-0.05, 0) is 48.5 Å². The Labute approximate surface area is 193 Å². The summed E-state index contributed by atoms with van der Waals surface area (Å²) in [5.74, 6) is 0.229. The molecule has 30 heavy (non-hydrogen) atoms. The Morgan fingerprint density at radius 1 is 0.567 bits per heavy atom. The molecule has 0 aliphatic rings. The Kier molecular flexibility index (Phi) is 8.22. The largest absolute Gasteiger partial charge is 0.385 e. The fourth-order valence-electron chi connectivity index (χ4n) is 2.91. The molecule has 0 unspecified atom stereocenters. The number of carbonyl (C=O) groups excluding carboxylic acids is 2. The highest BCUT2D eigenvalue weighted by molar-refractivity contribution is 9.10. The number of anilines is 2. The lowest BCUT2D eigenvalue weighted by atomic mass is 10.1. The highest BCUT2D eigenvalue weighted by atomic mass is 79.9. The zero-order valence-electron chi connectivity index (χ0n) is 16.3. The number of nitrogens with one attached hydrogen (secondary N) is 2. The van der Waals surface area contributed by atoms with Gasteiger partial charge in [-0.2, -0.15) is 0 Å². The zero-order valence-corrected chi connectivity index (χ0v) is 19.5. The average Bonchev–Trinajstić information content (AvgIpc) is 2.75. The van der Waals surface area contributed by atoms with E-state index in [1.807, 2.05) is 72.8 Å². The Hall–Kier alpha value is -2.44. The van der Waals surface area contributed by atoms with Crippen molar-refractivity contribution in [2.24, 2.45) is 0 Å². The van der Waals surface area contributed by atoms with Crippen molar-refractivity contribution in [3.63, 3.8) is 0 Å². The van der Waals surface area contributed by atoms with Gasteiger partial charge in [0.05, 0.1) is 0 Å².